The molecule has 3 aromatic carbocycles. The van der Waals surface area contributed by atoms with Crippen molar-refractivity contribution in [1.29, 1.82) is 0 Å². The van der Waals surface area contributed by atoms with Gasteiger partial charge in [-0.05, 0) is 79.5 Å². The van der Waals surface area contributed by atoms with Crippen molar-refractivity contribution in [2.45, 2.75) is 58.6 Å². The zero-order chi connectivity index (χ0) is 24.9. The highest BCUT2D eigenvalue weighted by molar-refractivity contribution is 5.81. The predicted octanol–water partition coefficient (Wildman–Crippen LogP) is 7.78. The van der Waals surface area contributed by atoms with Gasteiger partial charge in [-0.1, -0.05) is 62.4 Å². The number of imidazole rings is 1. The molecule has 0 saturated heterocycles. The van der Waals surface area contributed by atoms with Gasteiger partial charge in [-0.15, -0.1) is 0 Å². The van der Waals surface area contributed by atoms with Crippen LogP contribution in [0.3, 0.4) is 0 Å². The Labute approximate surface area is 214 Å². The number of hydrogen-bond donors (Lipinski definition) is 0. The number of hydrogen-bond acceptors (Lipinski definition) is 3. The standard InChI is InChI=1S/C32H36N2O2/c1-23(2)21-24-15-17-25(18-16-24)22-34-29-13-7-6-12-28(29)33-31(34)20-19-26-9-8-14-30(35-3)32(26)36-27-10-4-5-11-27/h6-9,12-20,23,27H,4-5,10-11,21-22H2,1-3H3. The zero-order valence-corrected chi connectivity index (χ0v) is 21.6. The molecule has 0 amide bonds. The van der Waals surface area contributed by atoms with Gasteiger partial charge in [0, 0.05) is 12.1 Å². The van der Waals surface area contributed by atoms with Crippen LogP contribution >= 0.6 is 0 Å². The van der Waals surface area contributed by atoms with Gasteiger partial charge in [0.1, 0.15) is 5.82 Å². The van der Waals surface area contributed by atoms with Gasteiger partial charge in [0.25, 0.3) is 0 Å². The van der Waals surface area contributed by atoms with Crippen LogP contribution in [0.5, 0.6) is 11.5 Å². The Bertz CT molecular complexity index is 1330. The second-order valence-electron chi connectivity index (χ2n) is 10.2. The van der Waals surface area contributed by atoms with Gasteiger partial charge in [0.2, 0.25) is 0 Å². The SMILES string of the molecule is COc1cccc(C=Cc2nc3ccccc3n2Cc2ccc(CC(C)C)cc2)c1OC1CCCC1. The Balaban J connectivity index is 1.47. The van der Waals surface area contributed by atoms with Crippen molar-refractivity contribution in [3.63, 3.8) is 0 Å². The fourth-order valence-corrected chi connectivity index (χ4v) is 5.11. The number of rotatable bonds is 9. The Morgan fingerprint density at radius 3 is 2.42 bits per heavy atom. The molecule has 1 aliphatic carbocycles. The highest BCUT2D eigenvalue weighted by atomic mass is 16.5. The van der Waals surface area contributed by atoms with Crippen LogP contribution in [0.1, 0.15) is 62.0 Å². The molecule has 1 heterocycles. The summed E-state index contributed by atoms with van der Waals surface area (Å²) < 4.78 is 14.4. The average molecular weight is 481 g/mol. The third kappa shape index (κ3) is 5.48. The molecule has 1 aliphatic rings. The van der Waals surface area contributed by atoms with Gasteiger partial charge >= 0.3 is 0 Å². The summed E-state index contributed by atoms with van der Waals surface area (Å²) in [4.78, 5) is 4.96. The van der Waals surface area contributed by atoms with E-state index < -0.39 is 0 Å². The normalized spacial score (nSPS) is 14.3. The topological polar surface area (TPSA) is 36.3 Å². The fourth-order valence-electron chi connectivity index (χ4n) is 5.11. The molecule has 4 nitrogen and oxygen atoms in total. The molecule has 1 saturated carbocycles. The number of benzene rings is 3. The minimum Gasteiger partial charge on any atom is -0.493 e. The molecule has 0 spiro atoms. The lowest BCUT2D eigenvalue weighted by Crippen LogP contribution is -2.12. The van der Waals surface area contributed by atoms with Gasteiger partial charge in [-0.25, -0.2) is 4.98 Å². The van der Waals surface area contributed by atoms with E-state index in [-0.39, 0.29) is 6.10 Å². The maximum atomic E-state index is 6.44. The largest absolute Gasteiger partial charge is 0.493 e. The molecule has 0 bridgehead atoms. The average Bonchev–Trinajstić information content (AvgIpc) is 3.52. The van der Waals surface area contributed by atoms with E-state index in [0.717, 1.165) is 59.7 Å². The lowest BCUT2D eigenvalue weighted by molar-refractivity contribution is 0.200. The van der Waals surface area contributed by atoms with E-state index in [1.165, 1.54) is 24.0 Å². The number of aromatic nitrogens is 2. The van der Waals surface area contributed by atoms with Crippen LogP contribution in [0.15, 0.2) is 66.7 Å². The van der Waals surface area contributed by atoms with Gasteiger partial charge in [0.15, 0.2) is 11.5 Å². The summed E-state index contributed by atoms with van der Waals surface area (Å²) in [5.74, 6) is 3.19. The summed E-state index contributed by atoms with van der Waals surface area (Å²) in [6.07, 6.45) is 10.2. The Hall–Kier alpha value is -3.53. The molecule has 5 rings (SSSR count). The molecule has 4 aromatic rings. The highest BCUT2D eigenvalue weighted by Crippen LogP contribution is 2.36. The zero-order valence-electron chi connectivity index (χ0n) is 21.6. The number of fused-ring (bicyclic) bond motifs is 1. The Morgan fingerprint density at radius 1 is 0.917 bits per heavy atom. The maximum absolute atomic E-state index is 6.44. The minimum atomic E-state index is 0.261. The summed E-state index contributed by atoms with van der Waals surface area (Å²) in [6.45, 7) is 5.29. The molecular formula is C32H36N2O2. The Kier molecular flexibility index (Phi) is 7.41. The predicted molar refractivity (Wildman–Crippen MR) is 149 cm³/mol. The van der Waals surface area contributed by atoms with Crippen molar-refractivity contribution in [1.82, 2.24) is 9.55 Å². The molecule has 1 aromatic heterocycles. The molecule has 1 fully saturated rings. The first-order chi connectivity index (χ1) is 17.6. The summed E-state index contributed by atoms with van der Waals surface area (Å²) in [5.41, 5.74) is 5.81. The van der Waals surface area contributed by atoms with E-state index in [4.69, 9.17) is 14.5 Å². The first-order valence-corrected chi connectivity index (χ1v) is 13.2. The third-order valence-electron chi connectivity index (χ3n) is 6.92. The van der Waals surface area contributed by atoms with Crippen molar-refractivity contribution in [3.8, 4) is 11.5 Å². The fraction of sp³-hybridized carbons (Fsp3) is 0.344. The lowest BCUT2D eigenvalue weighted by atomic mass is 10.0. The van der Waals surface area contributed by atoms with Crippen LogP contribution < -0.4 is 9.47 Å². The van der Waals surface area contributed by atoms with E-state index in [0.29, 0.717) is 5.92 Å². The highest BCUT2D eigenvalue weighted by Gasteiger charge is 2.20. The maximum Gasteiger partial charge on any atom is 0.168 e. The summed E-state index contributed by atoms with van der Waals surface area (Å²) >= 11 is 0. The summed E-state index contributed by atoms with van der Waals surface area (Å²) in [7, 11) is 1.70. The van der Waals surface area contributed by atoms with E-state index >= 15 is 0 Å². The van der Waals surface area contributed by atoms with Crippen molar-refractivity contribution in [2.24, 2.45) is 5.92 Å². The molecule has 36 heavy (non-hydrogen) atoms. The molecule has 0 radical (unpaired) electrons. The quantitative estimate of drug-likeness (QED) is 0.245. The molecule has 0 atom stereocenters. The molecule has 0 unspecified atom stereocenters. The van der Waals surface area contributed by atoms with E-state index in [2.05, 4.69) is 79.1 Å². The van der Waals surface area contributed by atoms with Crippen LogP contribution in [0.4, 0.5) is 0 Å². The molecule has 186 valence electrons. The monoisotopic (exact) mass is 480 g/mol. The van der Waals surface area contributed by atoms with E-state index in [9.17, 15) is 0 Å². The molecular weight excluding hydrogens is 444 g/mol. The number of para-hydroxylation sites is 3. The van der Waals surface area contributed by atoms with Crippen LogP contribution in [-0.4, -0.2) is 22.8 Å². The summed E-state index contributed by atoms with van der Waals surface area (Å²) in [6, 6.07) is 23.4. The van der Waals surface area contributed by atoms with Crippen LogP contribution in [0.2, 0.25) is 0 Å². The second-order valence-corrected chi connectivity index (χ2v) is 10.2. The van der Waals surface area contributed by atoms with Crippen LogP contribution in [-0.2, 0) is 13.0 Å². The first-order valence-electron chi connectivity index (χ1n) is 13.2. The molecule has 0 N–H and O–H groups in total. The third-order valence-corrected chi connectivity index (χ3v) is 6.92. The van der Waals surface area contributed by atoms with E-state index in [1.54, 1.807) is 7.11 Å². The molecule has 4 heteroatoms. The lowest BCUT2D eigenvalue weighted by Gasteiger charge is -2.18. The van der Waals surface area contributed by atoms with Crippen molar-refractivity contribution >= 4 is 23.2 Å². The van der Waals surface area contributed by atoms with Crippen LogP contribution in [0, 0.1) is 5.92 Å². The van der Waals surface area contributed by atoms with Crippen LogP contribution in [0.25, 0.3) is 23.2 Å². The van der Waals surface area contributed by atoms with Gasteiger partial charge < -0.3 is 14.0 Å². The van der Waals surface area contributed by atoms with Crippen molar-refractivity contribution < 1.29 is 9.47 Å². The number of nitrogens with zero attached hydrogens (tertiary/aromatic N) is 2. The first kappa shape index (κ1) is 24.2. The number of ether oxygens (including phenoxy) is 2. The van der Waals surface area contributed by atoms with Gasteiger partial charge in [-0.2, -0.15) is 0 Å². The van der Waals surface area contributed by atoms with E-state index in [1.807, 2.05) is 18.2 Å². The summed E-state index contributed by atoms with van der Waals surface area (Å²) in [5, 5.41) is 0. The number of methoxy groups -OCH3 is 1. The Morgan fingerprint density at radius 2 is 1.67 bits per heavy atom. The smallest absolute Gasteiger partial charge is 0.168 e. The minimum absolute atomic E-state index is 0.261. The van der Waals surface area contributed by atoms with Crippen molar-refractivity contribution in [2.75, 3.05) is 7.11 Å². The second kappa shape index (κ2) is 11.0. The van der Waals surface area contributed by atoms with Crippen molar-refractivity contribution in [3.05, 3.63) is 89.2 Å². The van der Waals surface area contributed by atoms with Gasteiger partial charge in [0.05, 0.1) is 24.2 Å². The molecule has 0 aliphatic heterocycles. The van der Waals surface area contributed by atoms with Gasteiger partial charge in [-0.3, -0.25) is 0 Å².